The Morgan fingerprint density at radius 3 is 2.50 bits per heavy atom. The smallest absolute Gasteiger partial charge is 0.168 e. The summed E-state index contributed by atoms with van der Waals surface area (Å²) in [6, 6.07) is 0. The van der Waals surface area contributed by atoms with Gasteiger partial charge in [0, 0.05) is 24.7 Å². The quantitative estimate of drug-likeness (QED) is 0.662. The van der Waals surface area contributed by atoms with Gasteiger partial charge in [-0.1, -0.05) is 13.8 Å². The van der Waals surface area contributed by atoms with Gasteiger partial charge in [0.2, 0.25) is 0 Å². The van der Waals surface area contributed by atoms with Crippen molar-refractivity contribution in [2.24, 2.45) is 34.5 Å². The summed E-state index contributed by atoms with van der Waals surface area (Å²) < 4.78 is 12.1. The third-order valence-electron chi connectivity index (χ3n) is 9.19. The van der Waals surface area contributed by atoms with Crippen LogP contribution in [-0.2, 0) is 14.3 Å². The molecule has 1 spiro atoms. The fourth-order valence-corrected chi connectivity index (χ4v) is 7.73. The fraction of sp³-hybridized carbons (Fsp3) is 0.952. The zero-order valence-electron chi connectivity index (χ0n) is 15.3. The van der Waals surface area contributed by atoms with Gasteiger partial charge in [-0.3, -0.25) is 4.79 Å². The highest BCUT2D eigenvalue weighted by molar-refractivity contribution is 5.87. The van der Waals surface area contributed by atoms with Crippen LogP contribution in [0.4, 0.5) is 0 Å². The van der Waals surface area contributed by atoms with Gasteiger partial charge < -0.3 is 9.47 Å². The van der Waals surface area contributed by atoms with E-state index in [0.29, 0.717) is 17.1 Å². The molecule has 3 heteroatoms. The molecule has 0 bridgehead atoms. The predicted molar refractivity (Wildman–Crippen MR) is 91.4 cm³/mol. The van der Waals surface area contributed by atoms with E-state index in [0.717, 1.165) is 63.1 Å². The first kappa shape index (κ1) is 15.8. The van der Waals surface area contributed by atoms with Crippen LogP contribution >= 0.6 is 0 Å². The monoisotopic (exact) mass is 332 g/mol. The summed E-state index contributed by atoms with van der Waals surface area (Å²) in [5.41, 5.74) is 0.453. The van der Waals surface area contributed by atoms with E-state index < -0.39 is 0 Å². The first-order chi connectivity index (χ1) is 11.5. The predicted octanol–water partition coefficient (Wildman–Crippen LogP) is 4.34. The zero-order chi connectivity index (χ0) is 16.6. The first-order valence-corrected chi connectivity index (χ1v) is 10.3. The van der Waals surface area contributed by atoms with Gasteiger partial charge in [0.1, 0.15) is 5.78 Å². The summed E-state index contributed by atoms with van der Waals surface area (Å²) in [6.45, 7) is 6.40. The van der Waals surface area contributed by atoms with Gasteiger partial charge in [0.15, 0.2) is 5.79 Å². The molecule has 5 fully saturated rings. The number of ketones is 1. The summed E-state index contributed by atoms with van der Waals surface area (Å²) in [5.74, 6) is 3.33. The van der Waals surface area contributed by atoms with Crippen LogP contribution in [0, 0.1) is 34.5 Å². The number of carbonyl (C=O) groups is 1. The van der Waals surface area contributed by atoms with E-state index in [9.17, 15) is 4.79 Å². The largest absolute Gasteiger partial charge is 0.348 e. The van der Waals surface area contributed by atoms with Crippen molar-refractivity contribution in [3.8, 4) is 0 Å². The Bertz CT molecular complexity index is 551. The number of hydrogen-bond donors (Lipinski definition) is 0. The molecule has 0 amide bonds. The Morgan fingerprint density at radius 2 is 1.71 bits per heavy atom. The van der Waals surface area contributed by atoms with E-state index in [2.05, 4.69) is 13.8 Å². The maximum atomic E-state index is 12.5. The van der Waals surface area contributed by atoms with Crippen molar-refractivity contribution in [3.63, 3.8) is 0 Å². The van der Waals surface area contributed by atoms with E-state index in [1.165, 1.54) is 25.7 Å². The minimum Gasteiger partial charge on any atom is -0.348 e. The Labute approximate surface area is 145 Å². The molecule has 1 saturated heterocycles. The number of Topliss-reactive ketones (excluding diaryl/α,β-unsaturated/α-hetero) is 1. The molecule has 5 rings (SSSR count). The minimum absolute atomic E-state index is 0.0118. The lowest BCUT2D eigenvalue weighted by atomic mass is 9.45. The average molecular weight is 332 g/mol. The number of rotatable bonds is 0. The molecular formula is C21H32O3. The Balaban J connectivity index is 1.42. The highest BCUT2D eigenvalue weighted by Gasteiger charge is 2.62. The van der Waals surface area contributed by atoms with Crippen LogP contribution in [-0.4, -0.2) is 24.8 Å². The number of fused-ring (bicyclic) bond motifs is 5. The molecule has 0 N–H and O–H groups in total. The summed E-state index contributed by atoms with van der Waals surface area (Å²) in [4.78, 5) is 12.5. The highest BCUT2D eigenvalue weighted by Crippen LogP contribution is 2.66. The van der Waals surface area contributed by atoms with Gasteiger partial charge >= 0.3 is 0 Å². The summed E-state index contributed by atoms with van der Waals surface area (Å²) in [6.07, 6.45) is 10.5. The van der Waals surface area contributed by atoms with Crippen LogP contribution in [0.5, 0.6) is 0 Å². The molecular weight excluding hydrogens is 300 g/mol. The molecule has 3 nitrogen and oxygen atoms in total. The van der Waals surface area contributed by atoms with E-state index in [1.54, 1.807) is 0 Å². The SMILES string of the molecule is CC12CCC3C(CCC4CC5(CCC43C)OCCO5)C1CCC2=O. The number of hydrogen-bond acceptors (Lipinski definition) is 3. The maximum Gasteiger partial charge on any atom is 0.168 e. The lowest BCUT2D eigenvalue weighted by Gasteiger charge is -2.61. The molecule has 4 saturated carbocycles. The maximum absolute atomic E-state index is 12.5. The zero-order valence-corrected chi connectivity index (χ0v) is 15.3. The van der Waals surface area contributed by atoms with Gasteiger partial charge in [-0.05, 0) is 67.6 Å². The molecule has 0 aromatic rings. The molecule has 0 radical (unpaired) electrons. The second kappa shape index (κ2) is 5.07. The molecule has 5 aliphatic rings. The van der Waals surface area contributed by atoms with Crippen LogP contribution in [0.2, 0.25) is 0 Å². The van der Waals surface area contributed by atoms with Crippen LogP contribution < -0.4 is 0 Å². The number of ether oxygens (including phenoxy) is 2. The van der Waals surface area contributed by atoms with Gasteiger partial charge in [-0.2, -0.15) is 0 Å². The molecule has 134 valence electrons. The summed E-state index contributed by atoms with van der Waals surface area (Å²) in [5, 5.41) is 0. The summed E-state index contributed by atoms with van der Waals surface area (Å²) in [7, 11) is 0. The van der Waals surface area contributed by atoms with Crippen molar-refractivity contribution < 1.29 is 14.3 Å². The van der Waals surface area contributed by atoms with Gasteiger partial charge in [-0.15, -0.1) is 0 Å². The molecule has 6 atom stereocenters. The van der Waals surface area contributed by atoms with Gasteiger partial charge in [-0.25, -0.2) is 0 Å². The van der Waals surface area contributed by atoms with E-state index in [-0.39, 0.29) is 11.2 Å². The second-order valence-electron chi connectivity index (χ2n) is 9.89. The van der Waals surface area contributed by atoms with Crippen molar-refractivity contribution in [1.29, 1.82) is 0 Å². The van der Waals surface area contributed by atoms with Crippen molar-refractivity contribution in [2.75, 3.05) is 13.2 Å². The topological polar surface area (TPSA) is 35.5 Å². The van der Waals surface area contributed by atoms with E-state index in [4.69, 9.17) is 9.47 Å². The van der Waals surface area contributed by atoms with Crippen molar-refractivity contribution in [1.82, 2.24) is 0 Å². The normalized spacial score (nSPS) is 52.8. The van der Waals surface area contributed by atoms with Crippen molar-refractivity contribution in [2.45, 2.75) is 77.4 Å². The lowest BCUT2D eigenvalue weighted by Crippen LogP contribution is -2.56. The minimum atomic E-state index is -0.247. The van der Waals surface area contributed by atoms with E-state index in [1.807, 2.05) is 0 Å². The van der Waals surface area contributed by atoms with Crippen LogP contribution in [0.1, 0.15) is 71.6 Å². The first-order valence-electron chi connectivity index (χ1n) is 10.3. The molecule has 1 heterocycles. The van der Waals surface area contributed by atoms with Gasteiger partial charge in [0.05, 0.1) is 13.2 Å². The van der Waals surface area contributed by atoms with Gasteiger partial charge in [0.25, 0.3) is 0 Å². The molecule has 1 aliphatic heterocycles. The Hall–Kier alpha value is -0.410. The average Bonchev–Trinajstić information content (AvgIpc) is 3.14. The fourth-order valence-electron chi connectivity index (χ4n) is 7.73. The van der Waals surface area contributed by atoms with Crippen LogP contribution in [0.3, 0.4) is 0 Å². The van der Waals surface area contributed by atoms with E-state index >= 15 is 0 Å². The third-order valence-corrected chi connectivity index (χ3v) is 9.19. The molecule has 0 aromatic heterocycles. The highest BCUT2D eigenvalue weighted by atomic mass is 16.7. The Morgan fingerprint density at radius 1 is 0.917 bits per heavy atom. The lowest BCUT2D eigenvalue weighted by molar-refractivity contribution is -0.228. The molecule has 6 unspecified atom stereocenters. The molecule has 4 aliphatic carbocycles. The van der Waals surface area contributed by atoms with Crippen LogP contribution in [0.15, 0.2) is 0 Å². The third kappa shape index (κ3) is 1.95. The van der Waals surface area contributed by atoms with Crippen molar-refractivity contribution in [3.05, 3.63) is 0 Å². The van der Waals surface area contributed by atoms with Crippen molar-refractivity contribution >= 4 is 5.78 Å². The molecule has 0 aromatic carbocycles. The molecule has 24 heavy (non-hydrogen) atoms. The standard InChI is InChI=1S/C21H32O3/c1-19-9-10-21(23-11-12-24-21)13-14(19)3-4-15-16-5-6-18(22)20(16,2)8-7-17(15)19/h14-17H,3-13H2,1-2H3. The summed E-state index contributed by atoms with van der Waals surface area (Å²) >= 11 is 0. The number of carbonyl (C=O) groups excluding carboxylic acids is 1. The van der Waals surface area contributed by atoms with Crippen LogP contribution in [0.25, 0.3) is 0 Å². The second-order valence-corrected chi connectivity index (χ2v) is 9.89. The Kier molecular flexibility index (Phi) is 3.34.